The van der Waals surface area contributed by atoms with Crippen molar-refractivity contribution in [3.63, 3.8) is 0 Å². The number of rotatable bonds is 8. The van der Waals surface area contributed by atoms with Gasteiger partial charge in [-0.05, 0) is 43.2 Å². The van der Waals surface area contributed by atoms with Crippen molar-refractivity contribution >= 4 is 33.2 Å². The van der Waals surface area contributed by atoms with Crippen molar-refractivity contribution in [3.05, 3.63) is 59.1 Å². The molecule has 0 aliphatic rings. The fourth-order valence-electron chi connectivity index (χ4n) is 2.36. The van der Waals surface area contributed by atoms with Gasteiger partial charge in [0, 0.05) is 11.6 Å². The van der Waals surface area contributed by atoms with Crippen LogP contribution >= 0.6 is 11.6 Å². The predicted octanol–water partition coefficient (Wildman–Crippen LogP) is 3.76. The van der Waals surface area contributed by atoms with Gasteiger partial charge in [0.05, 0.1) is 10.6 Å². The number of anilines is 1. The van der Waals surface area contributed by atoms with Crippen LogP contribution in [0.5, 0.6) is 0 Å². The van der Waals surface area contributed by atoms with E-state index in [0.29, 0.717) is 17.3 Å². The van der Waals surface area contributed by atoms with Gasteiger partial charge in [0.2, 0.25) is 5.91 Å². The molecular weight excluding hydrogens is 372 g/mol. The summed E-state index contributed by atoms with van der Waals surface area (Å²) in [6.07, 6.45) is 1.79. The zero-order chi connectivity index (χ0) is 19.2. The SMILES string of the molecule is CCCCNC(=O)CN(c1ccc(C)c(Cl)c1)S(=O)(=O)c1ccccc1. The van der Waals surface area contributed by atoms with E-state index >= 15 is 0 Å². The van der Waals surface area contributed by atoms with Crippen molar-refractivity contribution < 1.29 is 13.2 Å². The number of amides is 1. The van der Waals surface area contributed by atoms with Gasteiger partial charge in [-0.3, -0.25) is 9.10 Å². The summed E-state index contributed by atoms with van der Waals surface area (Å²) < 4.78 is 27.3. The van der Waals surface area contributed by atoms with Gasteiger partial charge < -0.3 is 5.32 Å². The number of carbonyl (C=O) groups is 1. The third-order valence-corrected chi connectivity index (χ3v) is 6.11. The summed E-state index contributed by atoms with van der Waals surface area (Å²) >= 11 is 6.17. The molecule has 7 heteroatoms. The summed E-state index contributed by atoms with van der Waals surface area (Å²) in [6, 6.07) is 13.0. The molecule has 0 saturated heterocycles. The molecule has 0 aliphatic carbocycles. The maximum absolute atomic E-state index is 13.1. The van der Waals surface area contributed by atoms with E-state index in [0.717, 1.165) is 22.7 Å². The quantitative estimate of drug-likeness (QED) is 0.693. The third-order valence-electron chi connectivity index (χ3n) is 3.91. The largest absolute Gasteiger partial charge is 0.355 e. The Morgan fingerprint density at radius 1 is 1.15 bits per heavy atom. The molecule has 2 aromatic carbocycles. The van der Waals surface area contributed by atoms with E-state index in [1.165, 1.54) is 12.1 Å². The normalized spacial score (nSPS) is 11.2. The smallest absolute Gasteiger partial charge is 0.264 e. The minimum atomic E-state index is -3.90. The van der Waals surface area contributed by atoms with Crippen molar-refractivity contribution in [1.29, 1.82) is 0 Å². The van der Waals surface area contributed by atoms with Crippen molar-refractivity contribution in [3.8, 4) is 0 Å². The molecule has 0 heterocycles. The minimum absolute atomic E-state index is 0.123. The second-order valence-corrected chi connectivity index (χ2v) is 8.23. The standard InChI is InChI=1S/C19H23ClN2O3S/c1-3-4-12-21-19(23)14-22(16-11-10-15(2)18(20)13-16)26(24,25)17-8-6-5-7-9-17/h5-11,13H,3-4,12,14H2,1-2H3,(H,21,23). The lowest BCUT2D eigenvalue weighted by molar-refractivity contribution is -0.119. The number of hydrogen-bond acceptors (Lipinski definition) is 3. The highest BCUT2D eigenvalue weighted by Crippen LogP contribution is 2.27. The van der Waals surface area contributed by atoms with Crippen molar-refractivity contribution in [2.45, 2.75) is 31.6 Å². The van der Waals surface area contributed by atoms with E-state index in [4.69, 9.17) is 11.6 Å². The number of hydrogen-bond donors (Lipinski definition) is 1. The molecule has 1 N–H and O–H groups in total. The number of sulfonamides is 1. The van der Waals surface area contributed by atoms with Gasteiger partial charge in [0.25, 0.3) is 10.0 Å². The number of nitrogens with one attached hydrogen (secondary N) is 1. The van der Waals surface area contributed by atoms with Gasteiger partial charge in [-0.15, -0.1) is 0 Å². The lowest BCUT2D eigenvalue weighted by Gasteiger charge is -2.24. The van der Waals surface area contributed by atoms with E-state index in [9.17, 15) is 13.2 Å². The molecule has 0 saturated carbocycles. The highest BCUT2D eigenvalue weighted by atomic mass is 35.5. The molecule has 0 fully saturated rings. The molecule has 140 valence electrons. The summed E-state index contributed by atoms with van der Waals surface area (Å²) in [5.74, 6) is -0.352. The van der Waals surface area contributed by atoms with Crippen LogP contribution in [0, 0.1) is 6.92 Å². The first-order chi connectivity index (χ1) is 12.4. The van der Waals surface area contributed by atoms with Crippen LogP contribution < -0.4 is 9.62 Å². The minimum Gasteiger partial charge on any atom is -0.355 e. The van der Waals surface area contributed by atoms with Gasteiger partial charge >= 0.3 is 0 Å². The van der Waals surface area contributed by atoms with Crippen molar-refractivity contribution in [2.24, 2.45) is 0 Å². The number of halogens is 1. The number of benzene rings is 2. The summed E-state index contributed by atoms with van der Waals surface area (Å²) in [6.45, 7) is 4.07. The molecule has 0 bridgehead atoms. The van der Waals surface area contributed by atoms with Crippen LogP contribution in [-0.4, -0.2) is 27.4 Å². The predicted molar refractivity (Wildman–Crippen MR) is 105 cm³/mol. The van der Waals surface area contributed by atoms with Crippen molar-refractivity contribution in [2.75, 3.05) is 17.4 Å². The number of nitrogens with zero attached hydrogens (tertiary/aromatic N) is 1. The van der Waals surface area contributed by atoms with Crippen LogP contribution in [0.25, 0.3) is 0 Å². The molecule has 5 nitrogen and oxygen atoms in total. The molecule has 2 rings (SSSR count). The molecule has 0 aromatic heterocycles. The number of carbonyl (C=O) groups excluding carboxylic acids is 1. The summed E-state index contributed by atoms with van der Waals surface area (Å²) in [5, 5.41) is 3.20. The third kappa shape index (κ3) is 4.99. The Bertz CT molecular complexity index is 854. The Hall–Kier alpha value is -2.05. The molecule has 0 unspecified atom stereocenters. The monoisotopic (exact) mass is 394 g/mol. The fourth-order valence-corrected chi connectivity index (χ4v) is 3.97. The zero-order valence-corrected chi connectivity index (χ0v) is 16.5. The van der Waals surface area contributed by atoms with Gasteiger partial charge in [-0.1, -0.05) is 49.2 Å². The zero-order valence-electron chi connectivity index (χ0n) is 14.9. The van der Waals surface area contributed by atoms with Gasteiger partial charge in [0.1, 0.15) is 6.54 Å². The topological polar surface area (TPSA) is 66.5 Å². The van der Waals surface area contributed by atoms with E-state index < -0.39 is 10.0 Å². The van der Waals surface area contributed by atoms with Gasteiger partial charge in [0.15, 0.2) is 0 Å². The van der Waals surface area contributed by atoms with Crippen molar-refractivity contribution in [1.82, 2.24) is 5.32 Å². The van der Waals surface area contributed by atoms with E-state index in [1.54, 1.807) is 36.4 Å². The molecule has 0 atom stereocenters. The Morgan fingerprint density at radius 2 is 1.85 bits per heavy atom. The molecular formula is C19H23ClN2O3S. The number of aryl methyl sites for hydroxylation is 1. The molecule has 2 aromatic rings. The van der Waals surface area contributed by atoms with E-state index in [2.05, 4.69) is 5.32 Å². The van der Waals surface area contributed by atoms with Gasteiger partial charge in [-0.25, -0.2) is 8.42 Å². The summed E-state index contributed by atoms with van der Waals surface area (Å²) in [5.41, 5.74) is 1.19. The molecule has 0 radical (unpaired) electrons. The van der Waals surface area contributed by atoms with Crippen LogP contribution in [0.15, 0.2) is 53.4 Å². The molecule has 26 heavy (non-hydrogen) atoms. The highest BCUT2D eigenvalue weighted by molar-refractivity contribution is 7.92. The fraction of sp³-hybridized carbons (Fsp3) is 0.316. The molecule has 0 aliphatic heterocycles. The summed E-state index contributed by atoms with van der Waals surface area (Å²) in [4.78, 5) is 12.4. The highest BCUT2D eigenvalue weighted by Gasteiger charge is 2.27. The maximum atomic E-state index is 13.1. The van der Waals surface area contributed by atoms with Crippen LogP contribution in [0.3, 0.4) is 0 Å². The maximum Gasteiger partial charge on any atom is 0.264 e. The summed E-state index contributed by atoms with van der Waals surface area (Å²) in [7, 11) is -3.90. The average molecular weight is 395 g/mol. The lowest BCUT2D eigenvalue weighted by atomic mass is 10.2. The van der Waals surface area contributed by atoms with Crippen LogP contribution in [0.2, 0.25) is 5.02 Å². The van der Waals surface area contributed by atoms with E-state index in [-0.39, 0.29) is 17.3 Å². The Kier molecular flexibility index (Phi) is 7.06. The Balaban J connectivity index is 2.38. The second-order valence-electron chi connectivity index (χ2n) is 5.96. The lowest BCUT2D eigenvalue weighted by Crippen LogP contribution is -2.41. The first-order valence-corrected chi connectivity index (χ1v) is 10.3. The van der Waals surface area contributed by atoms with Crippen LogP contribution in [0.4, 0.5) is 5.69 Å². The van der Waals surface area contributed by atoms with Gasteiger partial charge in [-0.2, -0.15) is 0 Å². The first-order valence-electron chi connectivity index (χ1n) is 8.47. The van der Waals surface area contributed by atoms with E-state index in [1.807, 2.05) is 13.8 Å². The molecule has 1 amide bonds. The Morgan fingerprint density at radius 3 is 2.46 bits per heavy atom. The first kappa shape index (κ1) is 20.3. The second kappa shape index (κ2) is 9.05. The average Bonchev–Trinajstić information content (AvgIpc) is 2.63. The number of unbranched alkanes of at least 4 members (excludes halogenated alkanes) is 1. The van der Waals surface area contributed by atoms with Crippen LogP contribution in [0.1, 0.15) is 25.3 Å². The Labute approximate surface area is 160 Å². The van der Waals surface area contributed by atoms with Crippen LogP contribution in [-0.2, 0) is 14.8 Å². The molecule has 0 spiro atoms.